The van der Waals surface area contributed by atoms with Crippen molar-refractivity contribution in [2.24, 2.45) is 4.99 Å². The number of halogens is 1. The van der Waals surface area contributed by atoms with Gasteiger partial charge in [-0.3, -0.25) is 4.90 Å². The Morgan fingerprint density at radius 3 is 2.83 bits per heavy atom. The van der Waals surface area contributed by atoms with Gasteiger partial charge in [0.2, 0.25) is 0 Å². The molecule has 3 nitrogen and oxygen atoms in total. The van der Waals surface area contributed by atoms with Crippen molar-refractivity contribution in [1.29, 1.82) is 0 Å². The lowest BCUT2D eigenvalue weighted by molar-refractivity contribution is 0.641. The molecule has 0 spiro atoms. The molecule has 24 heavy (non-hydrogen) atoms. The molecule has 124 valence electrons. The van der Waals surface area contributed by atoms with E-state index < -0.39 is 0 Å². The minimum absolute atomic E-state index is 0.437. The summed E-state index contributed by atoms with van der Waals surface area (Å²) < 4.78 is 0. The van der Waals surface area contributed by atoms with Crippen molar-refractivity contribution in [3.05, 3.63) is 59.1 Å². The molecule has 1 saturated heterocycles. The largest absolute Gasteiger partial charge is 0.332 e. The maximum absolute atomic E-state index is 6.04. The number of nitrogens with one attached hydrogen (secondary N) is 1. The third kappa shape index (κ3) is 4.09. The van der Waals surface area contributed by atoms with Gasteiger partial charge in [-0.2, -0.15) is 0 Å². The van der Waals surface area contributed by atoms with Gasteiger partial charge >= 0.3 is 0 Å². The number of aliphatic imine (C=N–C) groups is 1. The molecule has 0 bridgehead atoms. The fraction of sp³-hybridized carbons (Fsp3) is 0.222. The van der Waals surface area contributed by atoms with E-state index in [0.29, 0.717) is 15.4 Å². The molecular weight excluding hydrogens is 358 g/mol. The zero-order valence-corrected chi connectivity index (χ0v) is 15.9. The van der Waals surface area contributed by atoms with Crippen LogP contribution in [0.2, 0.25) is 5.02 Å². The van der Waals surface area contributed by atoms with Gasteiger partial charge in [0, 0.05) is 22.5 Å². The Labute approximate surface area is 157 Å². The lowest BCUT2D eigenvalue weighted by Gasteiger charge is -2.20. The zero-order chi connectivity index (χ0) is 17.1. The number of thiocarbonyl (C=S) groups is 1. The molecule has 1 heterocycles. The molecule has 1 atom stereocenters. The molecular formula is C18H18ClN3S2. The zero-order valence-electron chi connectivity index (χ0n) is 13.5. The van der Waals surface area contributed by atoms with E-state index in [2.05, 4.69) is 30.1 Å². The molecule has 1 unspecified atom stereocenters. The number of rotatable bonds is 2. The molecule has 6 heteroatoms. The summed E-state index contributed by atoms with van der Waals surface area (Å²) >= 11 is 13.4. The van der Waals surface area contributed by atoms with Gasteiger partial charge < -0.3 is 5.32 Å². The van der Waals surface area contributed by atoms with E-state index >= 15 is 0 Å². The first-order valence-electron chi connectivity index (χ1n) is 7.68. The van der Waals surface area contributed by atoms with Crippen LogP contribution in [0.5, 0.6) is 0 Å². The van der Waals surface area contributed by atoms with Crippen molar-refractivity contribution in [1.82, 2.24) is 4.90 Å². The smallest absolute Gasteiger partial charge is 0.179 e. The van der Waals surface area contributed by atoms with Crippen molar-refractivity contribution in [2.45, 2.75) is 19.1 Å². The van der Waals surface area contributed by atoms with Gasteiger partial charge in [0.05, 0.1) is 5.69 Å². The molecule has 2 aromatic carbocycles. The van der Waals surface area contributed by atoms with E-state index in [9.17, 15) is 0 Å². The summed E-state index contributed by atoms with van der Waals surface area (Å²) in [7, 11) is 0. The first kappa shape index (κ1) is 17.3. The van der Waals surface area contributed by atoms with Crippen molar-refractivity contribution >= 4 is 57.2 Å². The Balaban J connectivity index is 1.82. The summed E-state index contributed by atoms with van der Waals surface area (Å²) in [4.78, 5) is 6.88. The van der Waals surface area contributed by atoms with Gasteiger partial charge in [0.25, 0.3) is 0 Å². The van der Waals surface area contributed by atoms with E-state index in [1.165, 1.54) is 0 Å². The summed E-state index contributed by atoms with van der Waals surface area (Å²) in [6, 6.07) is 15.7. The van der Waals surface area contributed by atoms with Crippen molar-refractivity contribution in [3.63, 3.8) is 0 Å². The number of nitrogens with zero attached hydrogens (tertiary/aromatic N) is 2. The third-order valence-corrected chi connectivity index (χ3v) is 5.26. The van der Waals surface area contributed by atoms with E-state index in [1.54, 1.807) is 11.8 Å². The Bertz CT molecular complexity index is 791. The number of anilines is 1. The van der Waals surface area contributed by atoms with E-state index in [0.717, 1.165) is 28.7 Å². The molecule has 0 radical (unpaired) electrons. The number of amidine groups is 1. The fourth-order valence-electron chi connectivity index (χ4n) is 2.42. The van der Waals surface area contributed by atoms with Crippen molar-refractivity contribution < 1.29 is 0 Å². The summed E-state index contributed by atoms with van der Waals surface area (Å²) in [5.74, 6) is 0. The summed E-state index contributed by atoms with van der Waals surface area (Å²) in [6.45, 7) is 5.08. The van der Waals surface area contributed by atoms with Crippen LogP contribution >= 0.6 is 35.6 Å². The Kier molecular flexibility index (Phi) is 5.43. The van der Waals surface area contributed by atoms with Crippen LogP contribution in [0.4, 0.5) is 11.4 Å². The molecule has 1 aliphatic rings. The van der Waals surface area contributed by atoms with Gasteiger partial charge in [-0.25, -0.2) is 4.99 Å². The minimum atomic E-state index is 0.437. The third-order valence-electron chi connectivity index (χ3n) is 3.63. The monoisotopic (exact) mass is 375 g/mol. The standard InChI is InChI=1S/C18H18ClN3S2/c1-12-6-3-4-9-16(12)21-18-22(11-13(2)24-18)17(23)20-15-8-5-7-14(19)10-15/h3-10,13H,11H2,1-2H3,(H,20,23). The first-order valence-corrected chi connectivity index (χ1v) is 9.34. The van der Waals surface area contributed by atoms with Gasteiger partial charge in [0.15, 0.2) is 10.3 Å². The lowest BCUT2D eigenvalue weighted by Crippen LogP contribution is -2.36. The number of aryl methyl sites for hydroxylation is 1. The second kappa shape index (κ2) is 7.55. The fourth-order valence-corrected chi connectivity index (χ4v) is 3.98. The van der Waals surface area contributed by atoms with Gasteiger partial charge in [-0.1, -0.05) is 54.6 Å². The minimum Gasteiger partial charge on any atom is -0.332 e. The van der Waals surface area contributed by atoms with Gasteiger partial charge in [0.1, 0.15) is 0 Å². The van der Waals surface area contributed by atoms with Crippen LogP contribution in [0.15, 0.2) is 53.5 Å². The van der Waals surface area contributed by atoms with E-state index in [1.807, 2.05) is 42.5 Å². The highest BCUT2D eigenvalue weighted by atomic mass is 35.5. The molecule has 0 aliphatic carbocycles. The van der Waals surface area contributed by atoms with Crippen LogP contribution in [0.3, 0.4) is 0 Å². The SMILES string of the molecule is Cc1ccccc1N=C1SC(C)CN1C(=S)Nc1cccc(Cl)c1. The molecule has 0 aromatic heterocycles. The van der Waals surface area contributed by atoms with Crippen LogP contribution in [0, 0.1) is 6.92 Å². The van der Waals surface area contributed by atoms with Gasteiger partial charge in [-0.05, 0) is 49.0 Å². The average Bonchev–Trinajstić information content (AvgIpc) is 2.90. The predicted molar refractivity (Wildman–Crippen MR) is 110 cm³/mol. The van der Waals surface area contributed by atoms with Gasteiger partial charge in [-0.15, -0.1) is 0 Å². The number of hydrogen-bond donors (Lipinski definition) is 1. The summed E-state index contributed by atoms with van der Waals surface area (Å²) in [6.07, 6.45) is 0. The summed E-state index contributed by atoms with van der Waals surface area (Å²) in [5, 5.41) is 5.94. The highest BCUT2D eigenvalue weighted by Crippen LogP contribution is 2.30. The van der Waals surface area contributed by atoms with Crippen LogP contribution in [-0.4, -0.2) is 27.0 Å². The molecule has 3 rings (SSSR count). The molecule has 1 fully saturated rings. The number of hydrogen-bond acceptors (Lipinski definition) is 3. The van der Waals surface area contributed by atoms with Crippen LogP contribution in [0.25, 0.3) is 0 Å². The molecule has 1 N–H and O–H groups in total. The first-order chi connectivity index (χ1) is 11.5. The normalized spacial score (nSPS) is 18.9. The van der Waals surface area contributed by atoms with E-state index in [-0.39, 0.29) is 0 Å². The second-order valence-electron chi connectivity index (χ2n) is 5.66. The average molecular weight is 376 g/mol. The molecule has 0 saturated carbocycles. The predicted octanol–water partition coefficient (Wildman–Crippen LogP) is 5.47. The Morgan fingerprint density at radius 1 is 1.29 bits per heavy atom. The number of thioether (sulfide) groups is 1. The maximum atomic E-state index is 6.04. The Morgan fingerprint density at radius 2 is 2.08 bits per heavy atom. The number of para-hydroxylation sites is 1. The second-order valence-corrected chi connectivity index (χ2v) is 7.89. The lowest BCUT2D eigenvalue weighted by atomic mass is 10.2. The Hall–Kier alpha value is -1.56. The van der Waals surface area contributed by atoms with E-state index in [4.69, 9.17) is 28.8 Å². The van der Waals surface area contributed by atoms with Crippen LogP contribution in [-0.2, 0) is 0 Å². The summed E-state index contributed by atoms with van der Waals surface area (Å²) in [5.41, 5.74) is 3.01. The van der Waals surface area contributed by atoms with Crippen LogP contribution < -0.4 is 5.32 Å². The molecule has 2 aromatic rings. The van der Waals surface area contributed by atoms with Crippen LogP contribution in [0.1, 0.15) is 12.5 Å². The molecule has 0 amide bonds. The quantitative estimate of drug-likeness (QED) is 0.704. The topological polar surface area (TPSA) is 27.6 Å². The van der Waals surface area contributed by atoms with Crippen molar-refractivity contribution in [2.75, 3.05) is 11.9 Å². The highest BCUT2D eigenvalue weighted by molar-refractivity contribution is 8.14. The molecule has 1 aliphatic heterocycles. The highest BCUT2D eigenvalue weighted by Gasteiger charge is 2.29. The van der Waals surface area contributed by atoms with Crippen molar-refractivity contribution in [3.8, 4) is 0 Å². The number of benzene rings is 2. The maximum Gasteiger partial charge on any atom is 0.179 e.